The van der Waals surface area contributed by atoms with Crippen LogP contribution in [-0.4, -0.2) is 18.6 Å². The fourth-order valence-corrected chi connectivity index (χ4v) is 2.50. The minimum atomic E-state index is 0.123. The Kier molecular flexibility index (Phi) is 6.35. The second kappa shape index (κ2) is 7.33. The first kappa shape index (κ1) is 17.3. The molecule has 1 aromatic rings. The van der Waals surface area contributed by atoms with E-state index in [-0.39, 0.29) is 5.54 Å². The molecule has 0 aromatic heterocycles. The highest BCUT2D eigenvalue weighted by Crippen LogP contribution is 2.28. The molecule has 0 fully saturated rings. The van der Waals surface area contributed by atoms with E-state index >= 15 is 0 Å². The van der Waals surface area contributed by atoms with Crippen molar-refractivity contribution in [2.45, 2.75) is 65.6 Å². The summed E-state index contributed by atoms with van der Waals surface area (Å²) >= 11 is 6.45. The quantitative estimate of drug-likeness (QED) is 0.807. The number of rotatable bonds is 6. The van der Waals surface area contributed by atoms with Gasteiger partial charge >= 0.3 is 0 Å². The topological polar surface area (TPSA) is 15.3 Å². The summed E-state index contributed by atoms with van der Waals surface area (Å²) < 4.78 is 0. The van der Waals surface area contributed by atoms with E-state index < -0.39 is 0 Å². The van der Waals surface area contributed by atoms with Crippen LogP contribution in [-0.2, 0) is 6.54 Å². The van der Waals surface area contributed by atoms with Gasteiger partial charge in [-0.25, -0.2) is 0 Å². The smallest absolute Gasteiger partial charge is 0.0642 e. The molecule has 0 spiro atoms. The van der Waals surface area contributed by atoms with Gasteiger partial charge in [-0.2, -0.15) is 0 Å². The van der Waals surface area contributed by atoms with E-state index in [1.54, 1.807) is 0 Å². The summed E-state index contributed by atoms with van der Waals surface area (Å²) in [7, 11) is 2.12. The predicted molar refractivity (Wildman–Crippen MR) is 90.8 cm³/mol. The predicted octanol–water partition coefficient (Wildman–Crippen LogP) is 4.85. The minimum absolute atomic E-state index is 0.123. The van der Waals surface area contributed by atoms with E-state index in [1.165, 1.54) is 18.4 Å². The van der Waals surface area contributed by atoms with Crippen LogP contribution >= 0.6 is 11.6 Å². The molecule has 1 rings (SSSR count). The molecular formula is C17H29ClN2. The van der Waals surface area contributed by atoms with Crippen LogP contribution in [0.3, 0.4) is 0 Å². The molecular weight excluding hydrogens is 268 g/mol. The standard InChI is InChI=1S/C17H29ClN2/c1-7-8-13(2)20(6)16-10-9-14(11-15(16)18)12-19-17(3,4)5/h9-11,13,19H,7-8,12H2,1-6H3. The van der Waals surface area contributed by atoms with Gasteiger partial charge in [-0.05, 0) is 51.8 Å². The van der Waals surface area contributed by atoms with E-state index in [0.29, 0.717) is 6.04 Å². The molecule has 2 nitrogen and oxygen atoms in total. The Balaban J connectivity index is 2.77. The van der Waals surface area contributed by atoms with Crippen molar-refractivity contribution >= 4 is 17.3 Å². The maximum absolute atomic E-state index is 6.45. The molecule has 20 heavy (non-hydrogen) atoms. The lowest BCUT2D eigenvalue weighted by Gasteiger charge is -2.28. The Morgan fingerprint density at radius 3 is 2.45 bits per heavy atom. The summed E-state index contributed by atoms with van der Waals surface area (Å²) in [5, 5.41) is 4.32. The van der Waals surface area contributed by atoms with Crippen molar-refractivity contribution in [3.63, 3.8) is 0 Å². The Labute approximate surface area is 129 Å². The maximum atomic E-state index is 6.45. The van der Waals surface area contributed by atoms with Crippen molar-refractivity contribution in [2.24, 2.45) is 0 Å². The number of halogens is 1. The van der Waals surface area contributed by atoms with Crippen LogP contribution in [0.25, 0.3) is 0 Å². The van der Waals surface area contributed by atoms with Crippen LogP contribution in [0.1, 0.15) is 53.0 Å². The van der Waals surface area contributed by atoms with Gasteiger partial charge in [0.05, 0.1) is 10.7 Å². The first-order valence-electron chi connectivity index (χ1n) is 7.51. The van der Waals surface area contributed by atoms with Crippen LogP contribution in [0.15, 0.2) is 18.2 Å². The van der Waals surface area contributed by atoms with Gasteiger partial charge in [-0.1, -0.05) is 31.0 Å². The average molecular weight is 297 g/mol. The van der Waals surface area contributed by atoms with Crippen LogP contribution in [0.4, 0.5) is 5.69 Å². The van der Waals surface area contributed by atoms with Crippen molar-refractivity contribution in [3.05, 3.63) is 28.8 Å². The average Bonchev–Trinajstić information content (AvgIpc) is 2.35. The number of anilines is 1. The molecule has 0 aliphatic rings. The van der Waals surface area contributed by atoms with Crippen LogP contribution in [0.2, 0.25) is 5.02 Å². The highest BCUT2D eigenvalue weighted by Gasteiger charge is 2.13. The van der Waals surface area contributed by atoms with Gasteiger partial charge in [0, 0.05) is 25.2 Å². The van der Waals surface area contributed by atoms with E-state index in [4.69, 9.17) is 11.6 Å². The van der Waals surface area contributed by atoms with E-state index in [9.17, 15) is 0 Å². The monoisotopic (exact) mass is 296 g/mol. The molecule has 0 saturated carbocycles. The summed E-state index contributed by atoms with van der Waals surface area (Å²) in [5.74, 6) is 0. The normalized spacial score (nSPS) is 13.3. The fourth-order valence-electron chi connectivity index (χ4n) is 2.16. The van der Waals surface area contributed by atoms with Crippen molar-refractivity contribution in [3.8, 4) is 0 Å². The summed E-state index contributed by atoms with van der Waals surface area (Å²) in [6.45, 7) is 11.8. The third kappa shape index (κ3) is 5.34. The minimum Gasteiger partial charge on any atom is -0.371 e. The van der Waals surface area contributed by atoms with Crippen LogP contribution in [0.5, 0.6) is 0 Å². The van der Waals surface area contributed by atoms with Gasteiger partial charge in [0.1, 0.15) is 0 Å². The number of nitrogens with zero attached hydrogens (tertiary/aromatic N) is 1. The lowest BCUT2D eigenvalue weighted by atomic mass is 10.1. The molecule has 1 atom stereocenters. The lowest BCUT2D eigenvalue weighted by molar-refractivity contribution is 0.424. The molecule has 114 valence electrons. The van der Waals surface area contributed by atoms with Gasteiger partial charge in [0.15, 0.2) is 0 Å². The second-order valence-electron chi connectivity index (χ2n) is 6.64. The molecule has 0 heterocycles. The summed E-state index contributed by atoms with van der Waals surface area (Å²) in [4.78, 5) is 2.27. The zero-order valence-corrected chi connectivity index (χ0v) is 14.5. The first-order valence-corrected chi connectivity index (χ1v) is 7.88. The molecule has 1 unspecified atom stereocenters. The van der Waals surface area contributed by atoms with Crippen LogP contribution < -0.4 is 10.2 Å². The lowest BCUT2D eigenvalue weighted by Crippen LogP contribution is -2.35. The van der Waals surface area contributed by atoms with Gasteiger partial charge < -0.3 is 10.2 Å². The largest absolute Gasteiger partial charge is 0.371 e. The second-order valence-corrected chi connectivity index (χ2v) is 7.05. The summed E-state index contributed by atoms with van der Waals surface area (Å²) in [6, 6.07) is 6.88. The molecule has 3 heteroatoms. The van der Waals surface area contributed by atoms with E-state index in [0.717, 1.165) is 17.3 Å². The first-order chi connectivity index (χ1) is 9.24. The van der Waals surface area contributed by atoms with E-state index in [2.05, 4.69) is 70.1 Å². The Morgan fingerprint density at radius 2 is 1.95 bits per heavy atom. The number of hydrogen-bond acceptors (Lipinski definition) is 2. The summed E-state index contributed by atoms with van der Waals surface area (Å²) in [6.07, 6.45) is 2.37. The highest BCUT2D eigenvalue weighted by atomic mass is 35.5. The molecule has 0 amide bonds. The molecule has 0 radical (unpaired) electrons. The van der Waals surface area contributed by atoms with Crippen molar-refractivity contribution in [2.75, 3.05) is 11.9 Å². The number of nitrogens with one attached hydrogen (secondary N) is 1. The van der Waals surface area contributed by atoms with Crippen LogP contribution in [0, 0.1) is 0 Å². The fraction of sp³-hybridized carbons (Fsp3) is 0.647. The molecule has 1 aromatic carbocycles. The van der Waals surface area contributed by atoms with Gasteiger partial charge in [-0.15, -0.1) is 0 Å². The number of hydrogen-bond donors (Lipinski definition) is 1. The van der Waals surface area contributed by atoms with Gasteiger partial charge in [-0.3, -0.25) is 0 Å². The molecule has 1 N–H and O–H groups in total. The van der Waals surface area contributed by atoms with Crippen molar-refractivity contribution < 1.29 is 0 Å². The SMILES string of the molecule is CCCC(C)N(C)c1ccc(CNC(C)(C)C)cc1Cl. The third-order valence-corrected chi connectivity index (χ3v) is 3.89. The zero-order chi connectivity index (χ0) is 15.3. The van der Waals surface area contributed by atoms with Gasteiger partial charge in [0.25, 0.3) is 0 Å². The van der Waals surface area contributed by atoms with Crippen molar-refractivity contribution in [1.82, 2.24) is 5.32 Å². The molecule has 0 saturated heterocycles. The van der Waals surface area contributed by atoms with Gasteiger partial charge in [0.2, 0.25) is 0 Å². The Hall–Kier alpha value is -0.730. The number of benzene rings is 1. The highest BCUT2D eigenvalue weighted by molar-refractivity contribution is 6.33. The summed E-state index contributed by atoms with van der Waals surface area (Å²) in [5.41, 5.74) is 2.47. The zero-order valence-electron chi connectivity index (χ0n) is 13.8. The molecule has 0 aliphatic heterocycles. The molecule has 0 aliphatic carbocycles. The van der Waals surface area contributed by atoms with Crippen molar-refractivity contribution in [1.29, 1.82) is 0 Å². The maximum Gasteiger partial charge on any atom is 0.0642 e. The van der Waals surface area contributed by atoms with E-state index in [1.807, 2.05) is 0 Å². The Morgan fingerprint density at radius 1 is 1.30 bits per heavy atom. The third-order valence-electron chi connectivity index (χ3n) is 3.58. The Bertz CT molecular complexity index is 423. The molecule has 0 bridgehead atoms.